The Labute approximate surface area is 135 Å². The molecule has 2 aromatic rings. The Morgan fingerprint density at radius 2 is 2.09 bits per heavy atom. The predicted octanol–water partition coefficient (Wildman–Crippen LogP) is 1.50. The Bertz CT molecular complexity index is 707. The predicted molar refractivity (Wildman–Crippen MR) is 82.5 cm³/mol. The number of aromatic nitrogens is 4. The molecule has 2 rings (SSSR count). The topological polar surface area (TPSA) is 91.0 Å². The summed E-state index contributed by atoms with van der Waals surface area (Å²) < 4.78 is 8.66. The maximum absolute atomic E-state index is 12.0. The molecule has 0 aromatic carbocycles. The third-order valence-corrected chi connectivity index (χ3v) is 3.96. The van der Waals surface area contributed by atoms with Crippen LogP contribution in [0.3, 0.4) is 0 Å². The largest absolute Gasteiger partial charge is 0.464 e. The van der Waals surface area contributed by atoms with Gasteiger partial charge in [-0.15, -0.1) is 0 Å². The first kappa shape index (κ1) is 16.2. The van der Waals surface area contributed by atoms with E-state index in [1.165, 1.54) is 18.0 Å². The van der Waals surface area contributed by atoms with Crippen LogP contribution in [0.4, 0.5) is 5.69 Å². The number of anilines is 1. The fourth-order valence-electron chi connectivity index (χ4n) is 1.94. The molecule has 2 aromatic heterocycles. The Balaban J connectivity index is 2.01. The van der Waals surface area contributed by atoms with E-state index in [0.29, 0.717) is 12.2 Å². The quantitative estimate of drug-likeness (QED) is 0.806. The molecule has 0 unspecified atom stereocenters. The van der Waals surface area contributed by atoms with Gasteiger partial charge in [-0.3, -0.25) is 14.2 Å². The molecule has 1 N–H and O–H groups in total. The van der Waals surface area contributed by atoms with Crippen molar-refractivity contribution in [3.05, 3.63) is 28.3 Å². The van der Waals surface area contributed by atoms with E-state index in [2.05, 4.69) is 36.2 Å². The Morgan fingerprint density at radius 3 is 2.68 bits per heavy atom. The van der Waals surface area contributed by atoms with Crippen LogP contribution >= 0.6 is 15.9 Å². The maximum atomic E-state index is 12.0. The van der Waals surface area contributed by atoms with Crippen molar-refractivity contribution in [2.45, 2.75) is 19.9 Å². The van der Waals surface area contributed by atoms with E-state index in [0.717, 1.165) is 10.2 Å². The number of rotatable bonds is 5. The van der Waals surface area contributed by atoms with Crippen molar-refractivity contribution in [2.75, 3.05) is 12.4 Å². The minimum atomic E-state index is -0.554. The molecule has 0 aliphatic heterocycles. The van der Waals surface area contributed by atoms with Crippen LogP contribution in [-0.4, -0.2) is 38.5 Å². The molecule has 1 amide bonds. The molecule has 8 nitrogen and oxygen atoms in total. The van der Waals surface area contributed by atoms with E-state index in [1.54, 1.807) is 17.9 Å². The molecule has 0 radical (unpaired) electrons. The van der Waals surface area contributed by atoms with Gasteiger partial charge < -0.3 is 10.1 Å². The third-order valence-electron chi connectivity index (χ3n) is 3.19. The fraction of sp³-hybridized carbons (Fsp3) is 0.385. The highest BCUT2D eigenvalue weighted by Gasteiger charge is 2.19. The van der Waals surface area contributed by atoms with E-state index in [-0.39, 0.29) is 18.0 Å². The van der Waals surface area contributed by atoms with Gasteiger partial charge in [0.05, 0.1) is 36.2 Å². The number of hydrogen-bond donors (Lipinski definition) is 1. The van der Waals surface area contributed by atoms with Crippen molar-refractivity contribution in [3.63, 3.8) is 0 Å². The van der Waals surface area contributed by atoms with Gasteiger partial charge in [-0.05, 0) is 22.9 Å². The summed E-state index contributed by atoms with van der Waals surface area (Å²) in [5.41, 5.74) is 1.48. The first-order valence-corrected chi connectivity index (χ1v) is 7.31. The average molecular weight is 370 g/mol. The summed E-state index contributed by atoms with van der Waals surface area (Å²) >= 11 is 3.37. The van der Waals surface area contributed by atoms with E-state index in [1.807, 2.05) is 6.92 Å². The second kappa shape index (κ2) is 6.73. The summed E-state index contributed by atoms with van der Waals surface area (Å²) in [5.74, 6) is -0.786. The zero-order valence-corrected chi connectivity index (χ0v) is 14.0. The van der Waals surface area contributed by atoms with Crippen LogP contribution in [-0.2, 0) is 23.1 Å². The lowest BCUT2D eigenvalue weighted by Gasteiger charge is -2.07. The number of esters is 1. The van der Waals surface area contributed by atoms with Gasteiger partial charge in [0.1, 0.15) is 0 Å². The molecule has 0 saturated heterocycles. The van der Waals surface area contributed by atoms with Crippen LogP contribution in [0.25, 0.3) is 0 Å². The number of amides is 1. The monoisotopic (exact) mass is 369 g/mol. The van der Waals surface area contributed by atoms with Crippen LogP contribution in [0.1, 0.15) is 22.6 Å². The highest BCUT2D eigenvalue weighted by Crippen LogP contribution is 2.17. The number of hydrogen-bond acceptors (Lipinski definition) is 5. The lowest BCUT2D eigenvalue weighted by molar-refractivity contribution is -0.116. The summed E-state index contributed by atoms with van der Waals surface area (Å²) in [4.78, 5) is 23.7. The Kier molecular flexibility index (Phi) is 4.96. The maximum Gasteiger partial charge on any atom is 0.358 e. The SMILES string of the molecule is COC(=O)c1c(NC(=O)CCn2ncc(Br)c2C)cnn1C. The average Bonchev–Trinajstić information content (AvgIpc) is 3.00. The Hall–Kier alpha value is -2.16. The number of carbonyl (C=O) groups excluding carboxylic acids is 2. The lowest BCUT2D eigenvalue weighted by atomic mass is 10.3. The molecule has 22 heavy (non-hydrogen) atoms. The number of halogens is 1. The molecule has 118 valence electrons. The summed E-state index contributed by atoms with van der Waals surface area (Å²) in [6, 6.07) is 0. The first-order chi connectivity index (χ1) is 10.4. The molecule has 0 bridgehead atoms. The fourth-order valence-corrected chi connectivity index (χ4v) is 2.23. The van der Waals surface area contributed by atoms with E-state index in [4.69, 9.17) is 0 Å². The third kappa shape index (κ3) is 3.35. The number of ether oxygens (including phenoxy) is 1. The zero-order chi connectivity index (χ0) is 16.3. The van der Waals surface area contributed by atoms with Gasteiger partial charge in [0.2, 0.25) is 5.91 Å². The zero-order valence-electron chi connectivity index (χ0n) is 12.5. The van der Waals surface area contributed by atoms with Gasteiger partial charge >= 0.3 is 5.97 Å². The summed E-state index contributed by atoms with van der Waals surface area (Å²) in [6.07, 6.45) is 3.33. The molecule has 2 heterocycles. The minimum absolute atomic E-state index is 0.203. The highest BCUT2D eigenvalue weighted by molar-refractivity contribution is 9.10. The van der Waals surface area contributed by atoms with Gasteiger partial charge in [0, 0.05) is 19.2 Å². The second-order valence-corrected chi connectivity index (χ2v) is 5.48. The highest BCUT2D eigenvalue weighted by atomic mass is 79.9. The number of nitrogens with zero attached hydrogens (tertiary/aromatic N) is 4. The van der Waals surface area contributed by atoms with Crippen molar-refractivity contribution < 1.29 is 14.3 Å². The van der Waals surface area contributed by atoms with Gasteiger partial charge in [0.15, 0.2) is 5.69 Å². The molecule has 0 saturated carbocycles. The van der Waals surface area contributed by atoms with Gasteiger partial charge in [-0.25, -0.2) is 4.79 Å². The van der Waals surface area contributed by atoms with Gasteiger partial charge in [0.25, 0.3) is 0 Å². The lowest BCUT2D eigenvalue weighted by Crippen LogP contribution is -2.18. The molecular weight excluding hydrogens is 354 g/mol. The standard InChI is InChI=1S/C13H16BrN5O3/c1-8-9(14)6-16-19(8)5-4-11(20)17-10-7-15-18(2)12(10)13(21)22-3/h6-7H,4-5H2,1-3H3,(H,17,20). The summed E-state index contributed by atoms with van der Waals surface area (Å²) in [7, 11) is 2.88. The summed E-state index contributed by atoms with van der Waals surface area (Å²) in [5, 5.41) is 10.8. The van der Waals surface area contributed by atoms with Crippen molar-refractivity contribution in [1.29, 1.82) is 0 Å². The minimum Gasteiger partial charge on any atom is -0.464 e. The molecule has 0 atom stereocenters. The van der Waals surface area contributed by atoms with Crippen molar-refractivity contribution in [1.82, 2.24) is 19.6 Å². The number of methoxy groups -OCH3 is 1. The van der Waals surface area contributed by atoms with Crippen LogP contribution < -0.4 is 5.32 Å². The van der Waals surface area contributed by atoms with E-state index < -0.39 is 5.97 Å². The second-order valence-electron chi connectivity index (χ2n) is 4.62. The molecule has 0 fully saturated rings. The van der Waals surface area contributed by atoms with Crippen LogP contribution in [0.15, 0.2) is 16.9 Å². The number of nitrogens with one attached hydrogen (secondary N) is 1. The van der Waals surface area contributed by atoms with Crippen molar-refractivity contribution in [2.24, 2.45) is 7.05 Å². The van der Waals surface area contributed by atoms with E-state index >= 15 is 0 Å². The van der Waals surface area contributed by atoms with Crippen LogP contribution in [0.5, 0.6) is 0 Å². The van der Waals surface area contributed by atoms with Gasteiger partial charge in [-0.1, -0.05) is 0 Å². The smallest absolute Gasteiger partial charge is 0.358 e. The Morgan fingerprint density at radius 1 is 1.36 bits per heavy atom. The normalized spacial score (nSPS) is 10.5. The van der Waals surface area contributed by atoms with E-state index in [9.17, 15) is 9.59 Å². The molecule has 0 spiro atoms. The van der Waals surface area contributed by atoms with Crippen molar-refractivity contribution in [3.8, 4) is 0 Å². The first-order valence-electron chi connectivity index (χ1n) is 6.52. The molecular formula is C13H16BrN5O3. The summed E-state index contributed by atoms with van der Waals surface area (Å²) in [6.45, 7) is 2.35. The van der Waals surface area contributed by atoms with Crippen LogP contribution in [0, 0.1) is 6.92 Å². The molecule has 0 aliphatic carbocycles. The van der Waals surface area contributed by atoms with Crippen molar-refractivity contribution >= 4 is 33.5 Å². The molecule has 9 heteroatoms. The number of carbonyl (C=O) groups is 2. The number of aryl methyl sites for hydroxylation is 2. The van der Waals surface area contributed by atoms with Crippen LogP contribution in [0.2, 0.25) is 0 Å². The molecule has 0 aliphatic rings. The van der Waals surface area contributed by atoms with Gasteiger partial charge in [-0.2, -0.15) is 10.2 Å².